The Kier molecular flexibility index (Phi) is 4.35. The van der Waals surface area contributed by atoms with Gasteiger partial charge in [0.05, 0.1) is 11.8 Å². The molecule has 2 aromatic carbocycles. The fourth-order valence-corrected chi connectivity index (χ4v) is 2.60. The van der Waals surface area contributed by atoms with Crippen molar-refractivity contribution >= 4 is 28.9 Å². The lowest BCUT2D eigenvalue weighted by atomic mass is 10.2. The van der Waals surface area contributed by atoms with Gasteiger partial charge in [-0.1, -0.05) is 29.8 Å². The van der Waals surface area contributed by atoms with Gasteiger partial charge in [-0.25, -0.2) is 0 Å². The van der Waals surface area contributed by atoms with E-state index in [1.165, 1.54) is 4.90 Å². The van der Waals surface area contributed by atoms with Crippen molar-refractivity contribution in [3.8, 4) is 11.8 Å². The lowest BCUT2D eigenvalue weighted by Gasteiger charge is -2.27. The first-order chi connectivity index (χ1) is 11.2. The molecule has 1 amide bonds. The molecule has 0 saturated carbocycles. The number of amides is 1. The van der Waals surface area contributed by atoms with E-state index in [-0.39, 0.29) is 19.1 Å². The number of fused-ring (bicyclic) bond motifs is 1. The molecule has 1 heterocycles. The average molecular weight is 328 g/mol. The molecule has 23 heavy (non-hydrogen) atoms. The Labute approximate surface area is 139 Å². The highest BCUT2D eigenvalue weighted by molar-refractivity contribution is 6.31. The van der Waals surface area contributed by atoms with Gasteiger partial charge in [-0.05, 0) is 23.8 Å². The molecule has 0 bridgehead atoms. The molecule has 0 aromatic heterocycles. The van der Waals surface area contributed by atoms with Crippen LogP contribution in [0.4, 0.5) is 11.4 Å². The highest BCUT2D eigenvalue weighted by Gasteiger charge is 2.25. The fraction of sp³-hybridized carbons (Fsp3) is 0.176. The number of benzene rings is 2. The predicted molar refractivity (Wildman–Crippen MR) is 88.7 cm³/mol. The van der Waals surface area contributed by atoms with Crippen molar-refractivity contribution in [1.82, 2.24) is 0 Å². The third kappa shape index (κ3) is 3.22. The van der Waals surface area contributed by atoms with Crippen LogP contribution in [0, 0.1) is 11.3 Å². The SMILES string of the molecule is N#CCN1C(=O)COc2cc(NCc3ccccc3Cl)ccc21. The Balaban J connectivity index is 1.78. The molecule has 6 heteroatoms. The van der Waals surface area contributed by atoms with E-state index in [4.69, 9.17) is 21.6 Å². The summed E-state index contributed by atoms with van der Waals surface area (Å²) >= 11 is 6.14. The number of halogens is 1. The van der Waals surface area contributed by atoms with Gasteiger partial charge in [0.15, 0.2) is 6.61 Å². The van der Waals surface area contributed by atoms with Crippen LogP contribution in [0.15, 0.2) is 42.5 Å². The summed E-state index contributed by atoms with van der Waals surface area (Å²) in [7, 11) is 0. The van der Waals surface area contributed by atoms with Crippen LogP contribution in [0.3, 0.4) is 0 Å². The number of carbonyl (C=O) groups is 1. The van der Waals surface area contributed by atoms with E-state index >= 15 is 0 Å². The van der Waals surface area contributed by atoms with E-state index in [0.29, 0.717) is 23.0 Å². The summed E-state index contributed by atoms with van der Waals surface area (Å²) in [5.41, 5.74) is 2.47. The first-order valence-corrected chi connectivity index (χ1v) is 7.48. The van der Waals surface area contributed by atoms with Gasteiger partial charge in [0.2, 0.25) is 0 Å². The van der Waals surface area contributed by atoms with E-state index < -0.39 is 0 Å². The van der Waals surface area contributed by atoms with Crippen LogP contribution in [0.1, 0.15) is 5.56 Å². The molecule has 0 spiro atoms. The van der Waals surface area contributed by atoms with Gasteiger partial charge in [0.1, 0.15) is 12.3 Å². The quantitative estimate of drug-likeness (QED) is 0.876. The molecule has 0 unspecified atom stereocenters. The zero-order valence-electron chi connectivity index (χ0n) is 12.3. The Hall–Kier alpha value is -2.71. The van der Waals surface area contributed by atoms with Crippen molar-refractivity contribution in [3.05, 3.63) is 53.1 Å². The molecule has 0 saturated heterocycles. The Morgan fingerprint density at radius 3 is 2.91 bits per heavy atom. The Morgan fingerprint density at radius 1 is 1.30 bits per heavy atom. The lowest BCUT2D eigenvalue weighted by molar-refractivity contribution is -0.121. The van der Waals surface area contributed by atoms with Crippen LogP contribution >= 0.6 is 11.6 Å². The maximum atomic E-state index is 11.8. The normalized spacial score (nSPS) is 13.0. The van der Waals surface area contributed by atoms with Crippen LogP contribution in [0.25, 0.3) is 0 Å². The maximum absolute atomic E-state index is 11.8. The zero-order valence-corrected chi connectivity index (χ0v) is 13.0. The van der Waals surface area contributed by atoms with Gasteiger partial charge < -0.3 is 10.1 Å². The maximum Gasteiger partial charge on any atom is 0.265 e. The minimum Gasteiger partial charge on any atom is -0.481 e. The molecular formula is C17H14ClN3O2. The van der Waals surface area contributed by atoms with Crippen LogP contribution < -0.4 is 15.0 Å². The predicted octanol–water partition coefficient (Wildman–Crippen LogP) is 3.20. The lowest BCUT2D eigenvalue weighted by Crippen LogP contribution is -2.38. The van der Waals surface area contributed by atoms with Crippen LogP contribution in [-0.4, -0.2) is 19.1 Å². The topological polar surface area (TPSA) is 65.4 Å². The molecule has 1 aliphatic heterocycles. The second-order valence-corrected chi connectivity index (χ2v) is 5.46. The summed E-state index contributed by atoms with van der Waals surface area (Å²) in [5.74, 6) is 0.375. The number of hydrogen-bond acceptors (Lipinski definition) is 4. The first kappa shape index (κ1) is 15.2. The average Bonchev–Trinajstić information content (AvgIpc) is 2.57. The van der Waals surface area contributed by atoms with Gasteiger partial charge in [-0.3, -0.25) is 9.69 Å². The highest BCUT2D eigenvalue weighted by Crippen LogP contribution is 2.34. The number of rotatable bonds is 4. The van der Waals surface area contributed by atoms with Gasteiger partial charge in [-0.15, -0.1) is 0 Å². The number of nitrogens with one attached hydrogen (secondary N) is 1. The van der Waals surface area contributed by atoms with Crippen molar-refractivity contribution in [2.45, 2.75) is 6.54 Å². The third-order valence-corrected chi connectivity index (χ3v) is 3.94. The molecule has 0 fully saturated rings. The smallest absolute Gasteiger partial charge is 0.265 e. The molecule has 2 aromatic rings. The molecule has 0 aliphatic carbocycles. The summed E-state index contributed by atoms with van der Waals surface area (Å²) in [6.07, 6.45) is 0. The number of nitriles is 1. The second-order valence-electron chi connectivity index (χ2n) is 5.05. The fourth-order valence-electron chi connectivity index (χ4n) is 2.40. The summed E-state index contributed by atoms with van der Waals surface area (Å²) in [6.45, 7) is 0.545. The van der Waals surface area contributed by atoms with E-state index in [9.17, 15) is 4.79 Å². The van der Waals surface area contributed by atoms with Crippen molar-refractivity contribution in [3.63, 3.8) is 0 Å². The van der Waals surface area contributed by atoms with E-state index in [0.717, 1.165) is 11.3 Å². The van der Waals surface area contributed by atoms with Crippen LogP contribution in [0.5, 0.6) is 5.75 Å². The molecular weight excluding hydrogens is 314 g/mol. The summed E-state index contributed by atoms with van der Waals surface area (Å²) in [6, 6.07) is 15.1. The van der Waals surface area contributed by atoms with Crippen LogP contribution in [0.2, 0.25) is 5.02 Å². The van der Waals surface area contributed by atoms with E-state index in [2.05, 4.69) is 5.32 Å². The van der Waals surface area contributed by atoms with Gasteiger partial charge in [-0.2, -0.15) is 5.26 Å². The molecule has 116 valence electrons. The molecule has 0 atom stereocenters. The van der Waals surface area contributed by atoms with Gasteiger partial charge in [0.25, 0.3) is 5.91 Å². The second kappa shape index (κ2) is 6.59. The van der Waals surface area contributed by atoms with Crippen molar-refractivity contribution < 1.29 is 9.53 Å². The van der Waals surface area contributed by atoms with Crippen molar-refractivity contribution in [1.29, 1.82) is 5.26 Å². The van der Waals surface area contributed by atoms with Gasteiger partial charge >= 0.3 is 0 Å². The monoisotopic (exact) mass is 327 g/mol. The number of anilines is 2. The van der Waals surface area contributed by atoms with Crippen LogP contribution in [-0.2, 0) is 11.3 Å². The summed E-state index contributed by atoms with van der Waals surface area (Å²) < 4.78 is 5.46. The van der Waals surface area contributed by atoms with E-state index in [1.54, 1.807) is 6.07 Å². The summed E-state index contributed by atoms with van der Waals surface area (Å²) in [5, 5.41) is 12.8. The largest absolute Gasteiger partial charge is 0.481 e. The Bertz CT molecular complexity index is 786. The molecule has 0 radical (unpaired) electrons. The highest BCUT2D eigenvalue weighted by atomic mass is 35.5. The van der Waals surface area contributed by atoms with Crippen molar-refractivity contribution in [2.24, 2.45) is 0 Å². The molecule has 1 aliphatic rings. The first-order valence-electron chi connectivity index (χ1n) is 7.10. The van der Waals surface area contributed by atoms with E-state index in [1.807, 2.05) is 42.5 Å². The number of nitrogens with zero attached hydrogens (tertiary/aromatic N) is 2. The zero-order chi connectivity index (χ0) is 16.2. The summed E-state index contributed by atoms with van der Waals surface area (Å²) in [4.78, 5) is 13.2. The molecule has 3 rings (SSSR count). The number of ether oxygens (including phenoxy) is 1. The minimum atomic E-state index is -0.212. The Morgan fingerprint density at radius 2 is 2.13 bits per heavy atom. The molecule has 5 nitrogen and oxygen atoms in total. The third-order valence-electron chi connectivity index (χ3n) is 3.57. The molecule has 1 N–H and O–H groups in total. The van der Waals surface area contributed by atoms with Gasteiger partial charge in [0, 0.05) is 23.3 Å². The van der Waals surface area contributed by atoms with Crippen molar-refractivity contribution in [2.75, 3.05) is 23.4 Å². The number of carbonyl (C=O) groups excluding carboxylic acids is 1. The number of hydrogen-bond donors (Lipinski definition) is 1. The minimum absolute atomic E-state index is 0.0155. The standard InChI is InChI=1S/C17H14ClN3O2/c18-14-4-2-1-3-12(14)10-20-13-5-6-15-16(9-13)23-11-17(22)21(15)8-7-19/h1-6,9,20H,8,10-11H2.